The fourth-order valence-electron chi connectivity index (χ4n) is 2.55. The standard InChI is InChI=1S/C21H20ClNO3S/c1-13-4-7-19(25-3)18(8-13)23-21(24)20-10-15(12-27-20)11-26-16-5-6-17(22)14(2)9-16/h4-10,12H,11H2,1-3H3,(H,23,24). The van der Waals surface area contributed by atoms with Crippen molar-refractivity contribution < 1.29 is 14.3 Å². The number of amides is 1. The lowest BCUT2D eigenvalue weighted by Crippen LogP contribution is -2.11. The summed E-state index contributed by atoms with van der Waals surface area (Å²) in [4.78, 5) is 13.2. The van der Waals surface area contributed by atoms with Crippen molar-refractivity contribution in [2.24, 2.45) is 0 Å². The average molecular weight is 402 g/mol. The minimum atomic E-state index is -0.169. The molecule has 27 heavy (non-hydrogen) atoms. The van der Waals surface area contributed by atoms with Crippen LogP contribution in [0.15, 0.2) is 47.8 Å². The van der Waals surface area contributed by atoms with Crippen LogP contribution in [0.2, 0.25) is 5.02 Å². The van der Waals surface area contributed by atoms with Gasteiger partial charge in [-0.3, -0.25) is 4.79 Å². The summed E-state index contributed by atoms with van der Waals surface area (Å²) in [5, 5.41) is 5.54. The summed E-state index contributed by atoms with van der Waals surface area (Å²) in [5.41, 5.74) is 3.61. The summed E-state index contributed by atoms with van der Waals surface area (Å²) in [6, 6.07) is 13.0. The number of nitrogens with one attached hydrogen (secondary N) is 1. The van der Waals surface area contributed by atoms with Crippen LogP contribution >= 0.6 is 22.9 Å². The van der Waals surface area contributed by atoms with Gasteiger partial charge in [0.25, 0.3) is 5.91 Å². The van der Waals surface area contributed by atoms with Crippen LogP contribution in [-0.2, 0) is 6.61 Å². The van der Waals surface area contributed by atoms with Crippen LogP contribution in [0.4, 0.5) is 5.69 Å². The van der Waals surface area contributed by atoms with Crippen molar-refractivity contribution in [1.29, 1.82) is 0 Å². The highest BCUT2D eigenvalue weighted by Gasteiger charge is 2.13. The Hall–Kier alpha value is -2.50. The molecule has 0 unspecified atom stereocenters. The van der Waals surface area contributed by atoms with Crippen LogP contribution in [0.5, 0.6) is 11.5 Å². The lowest BCUT2D eigenvalue weighted by Gasteiger charge is -2.10. The predicted molar refractivity (Wildman–Crippen MR) is 111 cm³/mol. The number of methoxy groups -OCH3 is 1. The van der Waals surface area contributed by atoms with E-state index in [9.17, 15) is 4.79 Å². The highest BCUT2D eigenvalue weighted by molar-refractivity contribution is 7.12. The van der Waals surface area contributed by atoms with Crippen molar-refractivity contribution in [2.75, 3.05) is 12.4 Å². The molecule has 2 aromatic carbocycles. The Kier molecular flexibility index (Phi) is 6.04. The first-order valence-electron chi connectivity index (χ1n) is 8.38. The number of benzene rings is 2. The van der Waals surface area contributed by atoms with E-state index in [4.69, 9.17) is 21.1 Å². The molecule has 0 fully saturated rings. The quantitative estimate of drug-likeness (QED) is 0.562. The minimum absolute atomic E-state index is 0.169. The molecule has 0 atom stereocenters. The molecule has 1 N–H and O–H groups in total. The first-order chi connectivity index (χ1) is 13.0. The topological polar surface area (TPSA) is 47.6 Å². The van der Waals surface area contributed by atoms with Gasteiger partial charge in [0.1, 0.15) is 18.1 Å². The maximum Gasteiger partial charge on any atom is 0.265 e. The summed E-state index contributed by atoms with van der Waals surface area (Å²) >= 11 is 7.41. The Morgan fingerprint density at radius 2 is 1.96 bits per heavy atom. The fourth-order valence-corrected chi connectivity index (χ4v) is 3.46. The van der Waals surface area contributed by atoms with Gasteiger partial charge in [-0.1, -0.05) is 17.7 Å². The number of aryl methyl sites for hydroxylation is 2. The molecule has 4 nitrogen and oxygen atoms in total. The van der Waals surface area contributed by atoms with E-state index < -0.39 is 0 Å². The van der Waals surface area contributed by atoms with Gasteiger partial charge in [-0.05, 0) is 66.8 Å². The van der Waals surface area contributed by atoms with Crippen LogP contribution < -0.4 is 14.8 Å². The minimum Gasteiger partial charge on any atom is -0.495 e. The van der Waals surface area contributed by atoms with Crippen LogP contribution in [0.25, 0.3) is 0 Å². The summed E-state index contributed by atoms with van der Waals surface area (Å²) < 4.78 is 11.1. The number of ether oxygens (including phenoxy) is 2. The van der Waals surface area contributed by atoms with E-state index in [0.29, 0.717) is 27.9 Å². The molecule has 0 aliphatic heterocycles. The number of rotatable bonds is 6. The Bertz CT molecular complexity index is 968. The number of halogens is 1. The third kappa shape index (κ3) is 4.81. The van der Waals surface area contributed by atoms with Gasteiger partial charge in [0.05, 0.1) is 17.7 Å². The van der Waals surface area contributed by atoms with E-state index in [1.807, 2.05) is 61.7 Å². The SMILES string of the molecule is COc1ccc(C)cc1NC(=O)c1cc(COc2ccc(Cl)c(C)c2)cs1. The van der Waals surface area contributed by atoms with Crippen LogP contribution in [0, 0.1) is 13.8 Å². The molecular formula is C21H20ClNO3S. The molecule has 3 aromatic rings. The maximum absolute atomic E-state index is 12.6. The lowest BCUT2D eigenvalue weighted by atomic mass is 10.2. The van der Waals surface area contributed by atoms with E-state index in [0.717, 1.165) is 22.4 Å². The van der Waals surface area contributed by atoms with Gasteiger partial charge in [0.15, 0.2) is 0 Å². The van der Waals surface area contributed by atoms with Gasteiger partial charge in [-0.15, -0.1) is 11.3 Å². The second-order valence-corrected chi connectivity index (χ2v) is 7.50. The molecule has 0 saturated heterocycles. The third-order valence-corrected chi connectivity index (χ3v) is 5.42. The van der Waals surface area contributed by atoms with Crippen LogP contribution in [0.1, 0.15) is 26.4 Å². The van der Waals surface area contributed by atoms with Gasteiger partial charge in [-0.25, -0.2) is 0 Å². The highest BCUT2D eigenvalue weighted by atomic mass is 35.5. The molecule has 0 aliphatic rings. The number of carbonyl (C=O) groups excluding carboxylic acids is 1. The Labute approximate surface area is 167 Å². The van der Waals surface area contributed by atoms with E-state index in [2.05, 4.69) is 5.32 Å². The molecule has 0 bridgehead atoms. The third-order valence-electron chi connectivity index (χ3n) is 4.02. The zero-order valence-electron chi connectivity index (χ0n) is 15.3. The fraction of sp³-hybridized carbons (Fsp3) is 0.190. The Morgan fingerprint density at radius 3 is 2.70 bits per heavy atom. The van der Waals surface area contributed by atoms with Gasteiger partial charge in [-0.2, -0.15) is 0 Å². The number of hydrogen-bond acceptors (Lipinski definition) is 4. The van der Waals surface area contributed by atoms with Gasteiger partial charge in [0, 0.05) is 10.6 Å². The van der Waals surface area contributed by atoms with E-state index >= 15 is 0 Å². The van der Waals surface area contributed by atoms with Crippen LogP contribution in [0.3, 0.4) is 0 Å². The molecule has 3 rings (SSSR count). The molecule has 1 amide bonds. The van der Waals surface area contributed by atoms with Crippen molar-refractivity contribution in [3.63, 3.8) is 0 Å². The summed E-state index contributed by atoms with van der Waals surface area (Å²) in [7, 11) is 1.58. The van der Waals surface area contributed by atoms with Crippen molar-refractivity contribution >= 4 is 34.5 Å². The smallest absolute Gasteiger partial charge is 0.265 e. The molecule has 0 aliphatic carbocycles. The van der Waals surface area contributed by atoms with Crippen LogP contribution in [-0.4, -0.2) is 13.0 Å². The van der Waals surface area contributed by atoms with Crippen molar-refractivity contribution in [3.05, 3.63) is 74.4 Å². The molecular weight excluding hydrogens is 382 g/mol. The Balaban J connectivity index is 1.65. The number of hydrogen-bond donors (Lipinski definition) is 1. The normalized spacial score (nSPS) is 10.5. The first-order valence-corrected chi connectivity index (χ1v) is 9.64. The summed E-state index contributed by atoms with van der Waals surface area (Å²) in [5.74, 6) is 1.21. The molecule has 1 heterocycles. The summed E-state index contributed by atoms with van der Waals surface area (Å²) in [6.45, 7) is 4.29. The van der Waals surface area contributed by atoms with E-state index in [1.165, 1.54) is 11.3 Å². The van der Waals surface area contributed by atoms with Crippen molar-refractivity contribution in [2.45, 2.75) is 20.5 Å². The van der Waals surface area contributed by atoms with E-state index in [-0.39, 0.29) is 5.91 Å². The van der Waals surface area contributed by atoms with E-state index in [1.54, 1.807) is 7.11 Å². The predicted octanol–water partition coefficient (Wildman–Crippen LogP) is 5.86. The molecule has 6 heteroatoms. The van der Waals surface area contributed by atoms with Crippen molar-refractivity contribution in [3.8, 4) is 11.5 Å². The van der Waals surface area contributed by atoms with Crippen molar-refractivity contribution in [1.82, 2.24) is 0 Å². The zero-order chi connectivity index (χ0) is 19.4. The zero-order valence-corrected chi connectivity index (χ0v) is 16.9. The van der Waals surface area contributed by atoms with Gasteiger partial charge >= 0.3 is 0 Å². The highest BCUT2D eigenvalue weighted by Crippen LogP contribution is 2.27. The summed E-state index contributed by atoms with van der Waals surface area (Å²) in [6.07, 6.45) is 0. The number of thiophene rings is 1. The number of carbonyl (C=O) groups is 1. The molecule has 0 spiro atoms. The average Bonchev–Trinajstić information content (AvgIpc) is 3.12. The molecule has 1 aromatic heterocycles. The monoisotopic (exact) mass is 401 g/mol. The molecule has 0 saturated carbocycles. The largest absolute Gasteiger partial charge is 0.495 e. The molecule has 140 valence electrons. The maximum atomic E-state index is 12.6. The first kappa shape index (κ1) is 19.3. The van der Waals surface area contributed by atoms with Gasteiger partial charge < -0.3 is 14.8 Å². The number of anilines is 1. The molecule has 0 radical (unpaired) electrons. The second kappa shape index (κ2) is 8.46. The van der Waals surface area contributed by atoms with Gasteiger partial charge in [0.2, 0.25) is 0 Å². The Morgan fingerprint density at radius 1 is 1.15 bits per heavy atom. The second-order valence-electron chi connectivity index (χ2n) is 6.18. The lowest BCUT2D eigenvalue weighted by molar-refractivity contribution is 0.103.